The van der Waals surface area contributed by atoms with Crippen LogP contribution in [0.25, 0.3) is 10.2 Å². The minimum Gasteiger partial charge on any atom is -0.446 e. The minimum atomic E-state index is -0.842. The van der Waals surface area contributed by atoms with Gasteiger partial charge in [-0.25, -0.2) is 18.6 Å². The summed E-state index contributed by atoms with van der Waals surface area (Å²) < 4.78 is 36.0. The lowest BCUT2D eigenvalue weighted by molar-refractivity contribution is -0.136. The molecule has 4 amide bonds. The number of ether oxygens (including phenoxy) is 1. The lowest BCUT2D eigenvalue weighted by Gasteiger charge is -2.35. The first-order valence-corrected chi connectivity index (χ1v) is 13.1. The number of carbonyl (C=O) groups is 4. The second kappa shape index (κ2) is 10.5. The van der Waals surface area contributed by atoms with Crippen LogP contribution in [-0.2, 0) is 27.4 Å². The van der Waals surface area contributed by atoms with Crippen molar-refractivity contribution in [3.63, 3.8) is 0 Å². The van der Waals surface area contributed by atoms with Gasteiger partial charge in [0.2, 0.25) is 11.8 Å². The summed E-state index contributed by atoms with van der Waals surface area (Å²) >= 11 is 1.44. The summed E-state index contributed by atoms with van der Waals surface area (Å²) in [6, 6.07) is 5.35. The quantitative estimate of drug-likeness (QED) is 0.445. The van der Waals surface area contributed by atoms with Gasteiger partial charge in [0.05, 0.1) is 21.3 Å². The van der Waals surface area contributed by atoms with Gasteiger partial charge in [0.1, 0.15) is 23.8 Å². The number of carbonyl (C=O) groups excluding carboxylic acids is 4. The van der Waals surface area contributed by atoms with E-state index in [2.05, 4.69) is 15.6 Å². The summed E-state index contributed by atoms with van der Waals surface area (Å²) in [6.45, 7) is -0.141. The van der Waals surface area contributed by atoms with Gasteiger partial charge in [-0.05, 0) is 42.9 Å². The maximum atomic E-state index is 15.3. The van der Waals surface area contributed by atoms with Crippen LogP contribution in [-0.4, -0.2) is 45.8 Å². The third-order valence-corrected chi connectivity index (χ3v) is 8.19. The first kappa shape index (κ1) is 26.9. The van der Waals surface area contributed by atoms with Crippen molar-refractivity contribution in [2.75, 3.05) is 0 Å². The summed E-state index contributed by atoms with van der Waals surface area (Å²) in [6.07, 6.45) is 0.0597. The van der Waals surface area contributed by atoms with Crippen LogP contribution in [0.3, 0.4) is 0 Å². The van der Waals surface area contributed by atoms with Gasteiger partial charge in [-0.1, -0.05) is 12.1 Å². The maximum Gasteiger partial charge on any atom is 0.407 e. The van der Waals surface area contributed by atoms with E-state index in [4.69, 9.17) is 4.74 Å². The Morgan fingerprint density at radius 1 is 1.18 bits per heavy atom. The number of nitrogens with one attached hydrogen (secondary N) is 2. The predicted octanol–water partition coefficient (Wildman–Crippen LogP) is 3.93. The molecule has 13 heteroatoms. The molecule has 2 fully saturated rings. The van der Waals surface area contributed by atoms with Gasteiger partial charge in [-0.2, -0.15) is 0 Å². The number of piperidine rings is 1. The summed E-state index contributed by atoms with van der Waals surface area (Å²) in [4.78, 5) is 54.4. The van der Waals surface area contributed by atoms with E-state index in [-0.39, 0.29) is 61.2 Å². The van der Waals surface area contributed by atoms with Crippen molar-refractivity contribution in [2.24, 2.45) is 0 Å². The molecule has 0 spiro atoms. The molecule has 3 heterocycles. The summed E-state index contributed by atoms with van der Waals surface area (Å²) in [7, 11) is 0. The molecule has 1 saturated carbocycles. The van der Waals surface area contributed by atoms with Crippen molar-refractivity contribution < 1.29 is 32.7 Å². The fraction of sp³-hybridized carbons (Fsp3) is 0.346. The zero-order valence-corrected chi connectivity index (χ0v) is 22.0. The van der Waals surface area contributed by atoms with Crippen LogP contribution in [0.2, 0.25) is 0 Å². The molecule has 2 N–H and O–H groups in total. The summed E-state index contributed by atoms with van der Waals surface area (Å²) in [5.41, 5.74) is 3.25. The minimum absolute atomic E-state index is 0. The molecule has 1 saturated heterocycles. The van der Waals surface area contributed by atoms with Crippen molar-refractivity contribution in [3.05, 3.63) is 63.7 Å². The van der Waals surface area contributed by atoms with E-state index in [1.165, 1.54) is 28.4 Å². The monoisotopic (exact) mass is 576 g/mol. The zero-order valence-electron chi connectivity index (χ0n) is 20.4. The van der Waals surface area contributed by atoms with E-state index in [1.807, 2.05) is 0 Å². The van der Waals surface area contributed by atoms with Crippen LogP contribution in [0, 0.1) is 11.6 Å². The van der Waals surface area contributed by atoms with Crippen molar-refractivity contribution >= 4 is 57.8 Å². The third kappa shape index (κ3) is 4.82. The Morgan fingerprint density at radius 3 is 2.74 bits per heavy atom. The first-order valence-electron chi connectivity index (χ1n) is 12.2. The van der Waals surface area contributed by atoms with Crippen LogP contribution in [0.15, 0.2) is 29.8 Å². The molecule has 39 heavy (non-hydrogen) atoms. The van der Waals surface area contributed by atoms with Crippen LogP contribution >= 0.6 is 23.7 Å². The number of benzene rings is 2. The number of alkyl carbamates (subject to hydrolysis) is 1. The molecule has 204 valence electrons. The number of nitrogens with zero attached hydrogens (tertiary/aromatic N) is 2. The van der Waals surface area contributed by atoms with Crippen LogP contribution < -0.4 is 10.6 Å². The number of fused-ring (bicyclic) bond motifs is 2. The third-order valence-electron chi connectivity index (χ3n) is 7.40. The molecule has 0 bridgehead atoms. The molecule has 2 aromatic carbocycles. The Bertz CT molecular complexity index is 1510. The average Bonchev–Trinajstić information content (AvgIpc) is 3.46. The van der Waals surface area contributed by atoms with Crippen LogP contribution in [0.5, 0.6) is 0 Å². The Morgan fingerprint density at radius 2 is 1.97 bits per heavy atom. The van der Waals surface area contributed by atoms with Crippen molar-refractivity contribution in [1.82, 2.24) is 20.5 Å². The number of amides is 4. The highest BCUT2D eigenvalue weighted by Crippen LogP contribution is 2.43. The topological polar surface area (TPSA) is 118 Å². The Kier molecular flexibility index (Phi) is 7.25. The van der Waals surface area contributed by atoms with Gasteiger partial charge < -0.3 is 15.0 Å². The molecule has 0 unspecified atom stereocenters. The van der Waals surface area contributed by atoms with E-state index in [0.717, 1.165) is 4.70 Å². The van der Waals surface area contributed by atoms with E-state index < -0.39 is 41.8 Å². The molecular formula is C26H23ClF2N4O5S. The van der Waals surface area contributed by atoms with Gasteiger partial charge >= 0.3 is 6.09 Å². The SMILES string of the molecule is Cl.O=C1CC[C@@H](N2Cc3ccc(CNC(=O)OC4CC(c5c(F)ccc6scnc56)C4)c(F)c3C2=O)C(=O)N1. The number of aromatic nitrogens is 1. The second-order valence-corrected chi connectivity index (χ2v) is 10.6. The molecular weight excluding hydrogens is 554 g/mol. The van der Waals surface area contributed by atoms with Crippen LogP contribution in [0.4, 0.5) is 13.6 Å². The molecule has 6 rings (SSSR count). The number of halogens is 3. The summed E-state index contributed by atoms with van der Waals surface area (Å²) in [5, 5.41) is 4.72. The van der Waals surface area contributed by atoms with Crippen LogP contribution in [0.1, 0.15) is 58.6 Å². The van der Waals surface area contributed by atoms with Gasteiger partial charge in [-0.15, -0.1) is 23.7 Å². The van der Waals surface area contributed by atoms with Gasteiger partial charge in [0.25, 0.3) is 5.91 Å². The molecule has 0 radical (unpaired) electrons. The largest absolute Gasteiger partial charge is 0.446 e. The molecule has 1 aliphatic carbocycles. The van der Waals surface area contributed by atoms with E-state index >= 15 is 4.39 Å². The molecule has 3 aromatic rings. The second-order valence-electron chi connectivity index (χ2n) is 9.68. The van der Waals surface area contributed by atoms with E-state index in [9.17, 15) is 23.6 Å². The van der Waals surface area contributed by atoms with Crippen molar-refractivity contribution in [2.45, 2.75) is 56.8 Å². The Labute approximate surface area is 231 Å². The molecule has 3 aliphatic rings. The highest BCUT2D eigenvalue weighted by atomic mass is 35.5. The van der Waals surface area contributed by atoms with Crippen molar-refractivity contribution in [1.29, 1.82) is 0 Å². The van der Waals surface area contributed by atoms with E-state index in [0.29, 0.717) is 29.5 Å². The van der Waals surface area contributed by atoms with E-state index in [1.54, 1.807) is 17.6 Å². The average molecular weight is 577 g/mol. The molecule has 1 atom stereocenters. The van der Waals surface area contributed by atoms with Gasteiger partial charge in [0.15, 0.2) is 0 Å². The smallest absolute Gasteiger partial charge is 0.407 e. The van der Waals surface area contributed by atoms with Gasteiger partial charge in [-0.3, -0.25) is 19.7 Å². The first-order chi connectivity index (χ1) is 18.3. The number of thiazole rings is 1. The molecule has 2 aliphatic heterocycles. The summed E-state index contributed by atoms with van der Waals surface area (Å²) in [5.74, 6) is -2.79. The lowest BCUT2D eigenvalue weighted by atomic mass is 9.77. The maximum absolute atomic E-state index is 15.3. The fourth-order valence-electron chi connectivity index (χ4n) is 5.36. The number of hydrogen-bond acceptors (Lipinski definition) is 7. The molecule has 1 aromatic heterocycles. The van der Waals surface area contributed by atoms with Crippen molar-refractivity contribution in [3.8, 4) is 0 Å². The Hall–Kier alpha value is -3.64. The normalized spacial score (nSPS) is 22.2. The van der Waals surface area contributed by atoms with Gasteiger partial charge in [0, 0.05) is 30.6 Å². The number of hydrogen-bond donors (Lipinski definition) is 2. The zero-order chi connectivity index (χ0) is 26.6. The number of imide groups is 1. The fourth-order valence-corrected chi connectivity index (χ4v) is 6.06. The predicted molar refractivity (Wildman–Crippen MR) is 138 cm³/mol. The Balaban J connectivity index is 0.00000308. The molecule has 9 nitrogen and oxygen atoms in total. The standard InChI is InChI=1S/C26H22F2N4O5S.ClH/c27-16-3-5-18-23(30-11-38-18)20(16)14-7-15(8-14)37-26(36)29-9-12-1-2-13-10-32(25(35)21(13)22(12)28)17-4-6-19(33)31-24(17)34;/h1-3,5,11,14-15,17H,4,6-10H2,(H,29,36)(H,31,33,34);1H/t14?,15?,17-;/m1./s1. The highest BCUT2D eigenvalue weighted by Gasteiger charge is 2.41. The lowest BCUT2D eigenvalue weighted by Crippen LogP contribution is -2.52. The number of rotatable bonds is 5. The highest BCUT2D eigenvalue weighted by molar-refractivity contribution is 7.16.